The number of benzene rings is 1. The lowest BCUT2D eigenvalue weighted by Crippen LogP contribution is -2.02. The van der Waals surface area contributed by atoms with E-state index in [1.54, 1.807) is 0 Å². The van der Waals surface area contributed by atoms with Gasteiger partial charge in [0.15, 0.2) is 17.4 Å². The molecule has 1 rings (SSSR count). The van der Waals surface area contributed by atoms with E-state index in [0.29, 0.717) is 12.5 Å². The maximum atomic E-state index is 13.1. The van der Waals surface area contributed by atoms with E-state index in [1.165, 1.54) is 18.2 Å². The fourth-order valence-corrected chi connectivity index (χ4v) is 1.29. The van der Waals surface area contributed by atoms with Gasteiger partial charge in [0.05, 0.1) is 6.61 Å². The molecule has 0 amide bonds. The van der Waals surface area contributed by atoms with Crippen LogP contribution in [0, 0.1) is 17.6 Å². The van der Waals surface area contributed by atoms with Gasteiger partial charge in [-0.15, -0.1) is 0 Å². The quantitative estimate of drug-likeness (QED) is 0.678. The molecule has 15 heavy (non-hydrogen) atoms. The molecule has 1 nitrogen and oxygen atoms in total. The van der Waals surface area contributed by atoms with Gasteiger partial charge in [-0.05, 0) is 30.9 Å². The van der Waals surface area contributed by atoms with Crippen LogP contribution < -0.4 is 4.74 Å². The molecule has 0 aliphatic rings. The molecule has 0 aliphatic heterocycles. The van der Waals surface area contributed by atoms with E-state index in [1.807, 2.05) is 0 Å². The van der Waals surface area contributed by atoms with Gasteiger partial charge >= 0.3 is 0 Å². The number of para-hydroxylation sites is 1. The summed E-state index contributed by atoms with van der Waals surface area (Å²) in [7, 11) is 0. The highest BCUT2D eigenvalue weighted by Crippen LogP contribution is 2.21. The molecule has 1 aromatic carbocycles. The second-order valence-corrected chi connectivity index (χ2v) is 3.94. The summed E-state index contributed by atoms with van der Waals surface area (Å²) in [4.78, 5) is 0. The van der Waals surface area contributed by atoms with Gasteiger partial charge in [0, 0.05) is 0 Å². The molecule has 0 spiro atoms. The van der Waals surface area contributed by atoms with Crippen molar-refractivity contribution in [3.05, 3.63) is 29.8 Å². The van der Waals surface area contributed by atoms with Gasteiger partial charge in [0.1, 0.15) is 0 Å². The summed E-state index contributed by atoms with van der Waals surface area (Å²) in [6, 6.07) is 3.72. The Hall–Kier alpha value is -1.12. The van der Waals surface area contributed by atoms with E-state index in [-0.39, 0.29) is 5.75 Å². The molecule has 0 N–H and O–H groups in total. The second-order valence-electron chi connectivity index (χ2n) is 3.94. The normalized spacial score (nSPS) is 10.7. The van der Waals surface area contributed by atoms with Crippen LogP contribution in [0.3, 0.4) is 0 Å². The predicted octanol–water partition coefficient (Wildman–Crippen LogP) is 3.78. The van der Waals surface area contributed by atoms with Crippen molar-refractivity contribution in [1.82, 2.24) is 0 Å². The van der Waals surface area contributed by atoms with Gasteiger partial charge in [-0.25, -0.2) is 8.78 Å². The van der Waals surface area contributed by atoms with Crippen molar-refractivity contribution in [1.29, 1.82) is 0 Å². The molecular weight excluding hydrogens is 198 g/mol. The van der Waals surface area contributed by atoms with Gasteiger partial charge in [-0.1, -0.05) is 19.9 Å². The highest BCUT2D eigenvalue weighted by molar-refractivity contribution is 5.25. The molecule has 0 saturated heterocycles. The van der Waals surface area contributed by atoms with Crippen LogP contribution in [0.15, 0.2) is 18.2 Å². The van der Waals surface area contributed by atoms with Gasteiger partial charge < -0.3 is 4.74 Å². The average molecular weight is 214 g/mol. The Balaban J connectivity index is 2.43. The maximum Gasteiger partial charge on any atom is 0.190 e. The van der Waals surface area contributed by atoms with E-state index >= 15 is 0 Å². The van der Waals surface area contributed by atoms with E-state index in [9.17, 15) is 8.78 Å². The third-order valence-corrected chi connectivity index (χ3v) is 2.09. The van der Waals surface area contributed by atoms with E-state index in [0.717, 1.165) is 12.8 Å². The minimum absolute atomic E-state index is 0.263. The van der Waals surface area contributed by atoms with Gasteiger partial charge in [-0.3, -0.25) is 0 Å². The Morgan fingerprint density at radius 3 is 2.33 bits per heavy atom. The largest absolute Gasteiger partial charge is 0.488 e. The van der Waals surface area contributed by atoms with Crippen molar-refractivity contribution < 1.29 is 13.5 Å². The smallest absolute Gasteiger partial charge is 0.190 e. The standard InChI is InChI=1S/C12H16F2O/c1-9(2)5-4-8-15-12-10(13)6-3-7-11(12)14/h3,6-7,9H,4-5,8H2,1-2H3. The van der Waals surface area contributed by atoms with Gasteiger partial charge in [0.25, 0.3) is 0 Å². The van der Waals surface area contributed by atoms with Gasteiger partial charge in [0.2, 0.25) is 0 Å². The van der Waals surface area contributed by atoms with E-state index in [2.05, 4.69) is 13.8 Å². The summed E-state index contributed by atoms with van der Waals surface area (Å²) in [6.07, 6.45) is 1.81. The van der Waals surface area contributed by atoms with Crippen LogP contribution in [-0.4, -0.2) is 6.61 Å². The zero-order valence-corrected chi connectivity index (χ0v) is 9.09. The van der Waals surface area contributed by atoms with Crippen LogP contribution in [0.2, 0.25) is 0 Å². The highest BCUT2D eigenvalue weighted by Gasteiger charge is 2.08. The van der Waals surface area contributed by atoms with E-state index in [4.69, 9.17) is 4.74 Å². The lowest BCUT2D eigenvalue weighted by Gasteiger charge is -2.08. The van der Waals surface area contributed by atoms with Crippen LogP contribution in [0.4, 0.5) is 8.78 Å². The van der Waals surface area contributed by atoms with Crippen molar-refractivity contribution in [2.24, 2.45) is 5.92 Å². The molecule has 0 unspecified atom stereocenters. The van der Waals surface area contributed by atoms with Crippen molar-refractivity contribution in [2.75, 3.05) is 6.61 Å². The summed E-state index contributed by atoms with van der Waals surface area (Å²) in [5.41, 5.74) is 0. The molecule has 3 heteroatoms. The fourth-order valence-electron chi connectivity index (χ4n) is 1.29. The number of hydrogen-bond donors (Lipinski definition) is 0. The Morgan fingerprint density at radius 2 is 1.80 bits per heavy atom. The number of halogens is 2. The molecule has 84 valence electrons. The molecule has 0 aliphatic carbocycles. The summed E-state index contributed by atoms with van der Waals surface area (Å²) in [6.45, 7) is 4.56. The third kappa shape index (κ3) is 3.86. The molecule has 0 radical (unpaired) electrons. The molecule has 0 heterocycles. The number of hydrogen-bond acceptors (Lipinski definition) is 1. The molecule has 0 aromatic heterocycles. The van der Waals surface area contributed by atoms with Crippen LogP contribution in [0.1, 0.15) is 26.7 Å². The summed E-state index contributed by atoms with van der Waals surface area (Å²) in [5.74, 6) is -0.959. The molecule has 0 fully saturated rings. The molecular formula is C12H16F2O. The van der Waals surface area contributed by atoms with Crippen LogP contribution in [0.25, 0.3) is 0 Å². The van der Waals surface area contributed by atoms with Crippen molar-refractivity contribution in [2.45, 2.75) is 26.7 Å². The highest BCUT2D eigenvalue weighted by atomic mass is 19.1. The lowest BCUT2D eigenvalue weighted by atomic mass is 10.1. The first-order valence-electron chi connectivity index (χ1n) is 5.18. The minimum atomic E-state index is -0.639. The topological polar surface area (TPSA) is 9.23 Å². The Bertz CT molecular complexity index is 290. The first kappa shape index (κ1) is 12.0. The molecule has 0 atom stereocenters. The van der Waals surface area contributed by atoms with Gasteiger partial charge in [-0.2, -0.15) is 0 Å². The Morgan fingerprint density at radius 1 is 1.20 bits per heavy atom. The zero-order chi connectivity index (χ0) is 11.3. The maximum absolute atomic E-state index is 13.1. The predicted molar refractivity (Wildman–Crippen MR) is 55.9 cm³/mol. The summed E-state index contributed by atoms with van der Waals surface area (Å²) in [5, 5.41) is 0. The number of ether oxygens (including phenoxy) is 1. The zero-order valence-electron chi connectivity index (χ0n) is 9.09. The molecule has 0 saturated carbocycles. The Kier molecular flexibility index (Phi) is 4.53. The van der Waals surface area contributed by atoms with Crippen LogP contribution in [0.5, 0.6) is 5.75 Å². The fraction of sp³-hybridized carbons (Fsp3) is 0.500. The third-order valence-electron chi connectivity index (χ3n) is 2.09. The average Bonchev–Trinajstić information content (AvgIpc) is 2.15. The first-order valence-corrected chi connectivity index (χ1v) is 5.18. The monoisotopic (exact) mass is 214 g/mol. The van der Waals surface area contributed by atoms with Crippen LogP contribution >= 0.6 is 0 Å². The van der Waals surface area contributed by atoms with E-state index < -0.39 is 11.6 Å². The lowest BCUT2D eigenvalue weighted by molar-refractivity contribution is 0.270. The second kappa shape index (κ2) is 5.69. The Labute approximate surface area is 89.1 Å². The minimum Gasteiger partial charge on any atom is -0.488 e. The number of rotatable bonds is 5. The SMILES string of the molecule is CC(C)CCCOc1c(F)cccc1F. The molecule has 0 bridgehead atoms. The summed E-state index contributed by atoms with van der Waals surface area (Å²) < 4.78 is 31.2. The van der Waals surface area contributed by atoms with Crippen molar-refractivity contribution >= 4 is 0 Å². The summed E-state index contributed by atoms with van der Waals surface area (Å²) >= 11 is 0. The van der Waals surface area contributed by atoms with Crippen molar-refractivity contribution in [3.63, 3.8) is 0 Å². The van der Waals surface area contributed by atoms with Crippen molar-refractivity contribution in [3.8, 4) is 5.75 Å². The van der Waals surface area contributed by atoms with Crippen LogP contribution in [-0.2, 0) is 0 Å². The first-order chi connectivity index (χ1) is 7.11. The molecule has 1 aromatic rings.